The second-order valence-electron chi connectivity index (χ2n) is 1.90. The van der Waals surface area contributed by atoms with Crippen molar-refractivity contribution in [1.29, 1.82) is 0 Å². The first kappa shape index (κ1) is 7.46. The molecule has 0 radical (unpaired) electrons. The van der Waals surface area contributed by atoms with E-state index in [0.717, 1.165) is 0 Å². The van der Waals surface area contributed by atoms with E-state index in [9.17, 15) is 4.79 Å². The monoisotopic (exact) mass is 155 g/mol. The van der Waals surface area contributed by atoms with Gasteiger partial charge in [-0.15, -0.1) is 0 Å². The van der Waals surface area contributed by atoms with E-state index >= 15 is 0 Å². The lowest BCUT2D eigenvalue weighted by atomic mass is 10.4. The second kappa shape index (κ2) is 2.96. The zero-order valence-corrected chi connectivity index (χ0v) is 6.05. The predicted molar refractivity (Wildman–Crippen MR) is 38.6 cm³/mol. The fourth-order valence-corrected chi connectivity index (χ4v) is 0.677. The Kier molecular flexibility index (Phi) is 2.00. The van der Waals surface area contributed by atoms with Gasteiger partial charge in [0.2, 0.25) is 0 Å². The molecule has 0 saturated heterocycles. The maximum atomic E-state index is 10.9. The van der Waals surface area contributed by atoms with Crippen LogP contribution in [0.5, 0.6) is 0 Å². The third-order valence-corrected chi connectivity index (χ3v) is 1.21. The van der Waals surface area contributed by atoms with Gasteiger partial charge in [0.1, 0.15) is 5.82 Å². The standard InChI is InChI=1S/C6H9N3O2/c1-11-6(10)4-5(7)9-3-2-8-4/h2-3,8-9H,7H2,1H3. The van der Waals surface area contributed by atoms with E-state index < -0.39 is 5.97 Å². The number of hydrogen-bond acceptors (Lipinski definition) is 5. The van der Waals surface area contributed by atoms with Gasteiger partial charge in [-0.3, -0.25) is 0 Å². The Morgan fingerprint density at radius 3 is 2.73 bits per heavy atom. The lowest BCUT2D eigenvalue weighted by Crippen LogP contribution is -2.31. The van der Waals surface area contributed by atoms with Crippen molar-refractivity contribution in [2.45, 2.75) is 0 Å². The first-order valence-electron chi connectivity index (χ1n) is 3.02. The number of ether oxygens (including phenoxy) is 1. The highest BCUT2D eigenvalue weighted by Gasteiger charge is 2.14. The van der Waals surface area contributed by atoms with E-state index in [0.29, 0.717) is 0 Å². The van der Waals surface area contributed by atoms with Gasteiger partial charge in [0.15, 0.2) is 5.70 Å². The summed E-state index contributed by atoms with van der Waals surface area (Å²) in [6, 6.07) is 0. The van der Waals surface area contributed by atoms with Gasteiger partial charge in [-0.25, -0.2) is 4.79 Å². The van der Waals surface area contributed by atoms with E-state index in [1.807, 2.05) is 0 Å². The van der Waals surface area contributed by atoms with Crippen molar-refractivity contribution in [2.75, 3.05) is 7.11 Å². The molecular weight excluding hydrogens is 146 g/mol. The molecule has 0 amide bonds. The van der Waals surface area contributed by atoms with Crippen LogP contribution in [-0.2, 0) is 9.53 Å². The van der Waals surface area contributed by atoms with Crippen LogP contribution in [0.15, 0.2) is 23.9 Å². The summed E-state index contributed by atoms with van der Waals surface area (Å²) >= 11 is 0. The van der Waals surface area contributed by atoms with Gasteiger partial charge in [0.05, 0.1) is 7.11 Å². The molecule has 0 atom stereocenters. The number of hydrogen-bond donors (Lipinski definition) is 3. The van der Waals surface area contributed by atoms with Crippen molar-refractivity contribution in [2.24, 2.45) is 5.73 Å². The summed E-state index contributed by atoms with van der Waals surface area (Å²) in [5.41, 5.74) is 5.64. The molecule has 0 aromatic carbocycles. The van der Waals surface area contributed by atoms with Crippen molar-refractivity contribution in [3.63, 3.8) is 0 Å². The highest BCUT2D eigenvalue weighted by atomic mass is 16.5. The molecule has 11 heavy (non-hydrogen) atoms. The van der Waals surface area contributed by atoms with Gasteiger partial charge in [-0.2, -0.15) is 0 Å². The van der Waals surface area contributed by atoms with Crippen molar-refractivity contribution in [3.8, 4) is 0 Å². The minimum Gasteiger partial charge on any atom is -0.464 e. The maximum Gasteiger partial charge on any atom is 0.358 e. The molecule has 0 saturated carbocycles. The molecule has 0 fully saturated rings. The summed E-state index contributed by atoms with van der Waals surface area (Å²) in [5, 5.41) is 5.32. The molecule has 0 bridgehead atoms. The Morgan fingerprint density at radius 1 is 1.55 bits per heavy atom. The highest BCUT2D eigenvalue weighted by molar-refractivity contribution is 5.88. The molecule has 0 unspecified atom stereocenters. The number of esters is 1. The van der Waals surface area contributed by atoms with E-state index in [1.54, 1.807) is 12.4 Å². The van der Waals surface area contributed by atoms with Gasteiger partial charge in [-0.05, 0) is 0 Å². The van der Waals surface area contributed by atoms with Crippen LogP contribution in [0.2, 0.25) is 0 Å². The molecule has 60 valence electrons. The Hall–Kier alpha value is -1.65. The number of methoxy groups -OCH3 is 1. The SMILES string of the molecule is COC(=O)C1=C(N)NC=CN1. The van der Waals surface area contributed by atoms with Crippen molar-refractivity contribution >= 4 is 5.97 Å². The first-order valence-corrected chi connectivity index (χ1v) is 3.02. The molecule has 1 heterocycles. The number of nitrogens with one attached hydrogen (secondary N) is 2. The van der Waals surface area contributed by atoms with Crippen LogP contribution in [-0.4, -0.2) is 13.1 Å². The number of carbonyl (C=O) groups is 1. The van der Waals surface area contributed by atoms with Crippen LogP contribution in [0.4, 0.5) is 0 Å². The Bertz CT molecular complexity index is 232. The highest BCUT2D eigenvalue weighted by Crippen LogP contribution is 1.98. The number of rotatable bonds is 1. The minimum atomic E-state index is -0.487. The van der Waals surface area contributed by atoms with Crippen LogP contribution in [0.3, 0.4) is 0 Å². The molecule has 1 rings (SSSR count). The predicted octanol–water partition coefficient (Wildman–Crippen LogP) is -1.05. The zero-order chi connectivity index (χ0) is 8.27. The average molecular weight is 155 g/mol. The Morgan fingerprint density at radius 2 is 2.18 bits per heavy atom. The number of carbonyl (C=O) groups excluding carboxylic acids is 1. The van der Waals surface area contributed by atoms with Gasteiger partial charge in [-0.1, -0.05) is 0 Å². The normalized spacial score (nSPS) is 15.4. The Balaban J connectivity index is 2.76. The lowest BCUT2D eigenvalue weighted by molar-refractivity contribution is -0.136. The van der Waals surface area contributed by atoms with Crippen molar-refractivity contribution < 1.29 is 9.53 Å². The van der Waals surface area contributed by atoms with Crippen LogP contribution in [0, 0.1) is 0 Å². The maximum absolute atomic E-state index is 10.9. The summed E-state index contributed by atoms with van der Waals surface area (Å²) in [7, 11) is 1.29. The molecular formula is C6H9N3O2. The first-order chi connectivity index (χ1) is 5.25. The van der Waals surface area contributed by atoms with Gasteiger partial charge < -0.3 is 21.1 Å². The topological polar surface area (TPSA) is 76.4 Å². The minimum absolute atomic E-state index is 0.231. The van der Waals surface area contributed by atoms with E-state index in [4.69, 9.17) is 5.73 Å². The summed E-state index contributed by atoms with van der Waals surface area (Å²) in [4.78, 5) is 10.9. The third kappa shape index (κ3) is 1.43. The summed E-state index contributed by atoms with van der Waals surface area (Å²) in [6.07, 6.45) is 3.14. The number of nitrogens with two attached hydrogens (primary N) is 1. The fourth-order valence-electron chi connectivity index (χ4n) is 0.677. The lowest BCUT2D eigenvalue weighted by Gasteiger charge is -2.13. The summed E-state index contributed by atoms with van der Waals surface area (Å²) in [6.45, 7) is 0. The van der Waals surface area contributed by atoms with Crippen LogP contribution < -0.4 is 16.4 Å². The molecule has 0 aromatic heterocycles. The average Bonchev–Trinajstić information content (AvgIpc) is 2.04. The largest absolute Gasteiger partial charge is 0.464 e. The molecule has 4 N–H and O–H groups in total. The van der Waals surface area contributed by atoms with Crippen molar-refractivity contribution in [1.82, 2.24) is 10.6 Å². The summed E-state index contributed by atoms with van der Waals surface area (Å²) < 4.78 is 4.45. The van der Waals surface area contributed by atoms with Gasteiger partial charge in [0.25, 0.3) is 0 Å². The van der Waals surface area contributed by atoms with E-state index in [-0.39, 0.29) is 11.5 Å². The molecule has 0 spiro atoms. The molecule has 0 aliphatic carbocycles. The van der Waals surface area contributed by atoms with Gasteiger partial charge in [0, 0.05) is 12.4 Å². The van der Waals surface area contributed by atoms with Crippen LogP contribution >= 0.6 is 0 Å². The Labute approximate surface area is 63.9 Å². The molecule has 1 aliphatic heterocycles. The fraction of sp³-hybridized carbons (Fsp3) is 0.167. The van der Waals surface area contributed by atoms with Crippen LogP contribution in [0.25, 0.3) is 0 Å². The van der Waals surface area contributed by atoms with Crippen LogP contribution in [0.1, 0.15) is 0 Å². The zero-order valence-electron chi connectivity index (χ0n) is 6.05. The van der Waals surface area contributed by atoms with Gasteiger partial charge >= 0.3 is 5.97 Å². The molecule has 1 aliphatic rings. The quantitative estimate of drug-likeness (QED) is 0.421. The summed E-state index contributed by atoms with van der Waals surface area (Å²) in [5.74, 6) is -0.223. The second-order valence-corrected chi connectivity index (χ2v) is 1.90. The third-order valence-electron chi connectivity index (χ3n) is 1.21. The molecule has 0 aromatic rings. The van der Waals surface area contributed by atoms with E-state index in [1.165, 1.54) is 7.11 Å². The molecule has 5 nitrogen and oxygen atoms in total. The molecule has 5 heteroatoms. The smallest absolute Gasteiger partial charge is 0.358 e. The van der Waals surface area contributed by atoms with E-state index in [2.05, 4.69) is 15.4 Å². The van der Waals surface area contributed by atoms with Crippen molar-refractivity contribution in [3.05, 3.63) is 23.9 Å².